The quantitative estimate of drug-likeness (QED) is 0.136. The summed E-state index contributed by atoms with van der Waals surface area (Å²) in [6.45, 7) is 9.99. The van der Waals surface area contributed by atoms with Gasteiger partial charge < -0.3 is 10.6 Å². The highest BCUT2D eigenvalue weighted by atomic mass is 16.1. The van der Waals surface area contributed by atoms with Crippen LogP contribution >= 0.6 is 0 Å². The van der Waals surface area contributed by atoms with Crippen LogP contribution in [0.4, 0.5) is 5.69 Å². The molecule has 7 heteroatoms. The van der Waals surface area contributed by atoms with Crippen molar-refractivity contribution in [2.75, 3.05) is 18.4 Å². The molecule has 0 heterocycles. The third-order valence-corrected chi connectivity index (χ3v) is 6.30. The number of amides is 1. The Balaban J connectivity index is 1.73. The van der Waals surface area contributed by atoms with Crippen LogP contribution in [0.15, 0.2) is 89.9 Å². The molecule has 0 bridgehead atoms. The van der Waals surface area contributed by atoms with Gasteiger partial charge in [-0.15, -0.1) is 0 Å². The third-order valence-electron chi connectivity index (χ3n) is 6.30. The maximum absolute atomic E-state index is 12.9. The lowest BCUT2D eigenvalue weighted by Gasteiger charge is -2.30. The maximum Gasteiger partial charge on any atom is 0.222 e. The summed E-state index contributed by atoms with van der Waals surface area (Å²) in [5.74, 6) is 0.200. The van der Waals surface area contributed by atoms with Crippen molar-refractivity contribution in [1.82, 2.24) is 15.5 Å². The molecular formula is C31H38N6O. The van der Waals surface area contributed by atoms with Crippen LogP contribution in [0.5, 0.6) is 0 Å². The molecule has 0 aliphatic heterocycles. The Morgan fingerprint density at radius 2 is 1.45 bits per heavy atom. The topological polar surface area (TPSA) is 92.6 Å². The lowest BCUT2D eigenvalue weighted by atomic mass is 10.0. The van der Waals surface area contributed by atoms with E-state index in [1.54, 1.807) is 0 Å². The molecule has 0 aromatic heterocycles. The van der Waals surface area contributed by atoms with Crippen LogP contribution < -0.4 is 16.0 Å². The summed E-state index contributed by atoms with van der Waals surface area (Å²) in [5, 5.41) is 18.2. The molecule has 3 aromatic rings. The van der Waals surface area contributed by atoms with Crippen LogP contribution in [0.3, 0.4) is 0 Å². The first-order valence-electron chi connectivity index (χ1n) is 13.1. The SMILES string of the molecule is CC(C)N(CCNC(=O)CC(N=C(NC#N)Nc1ccc(-c2ccccc2)cc1)c1ccccc1)C(C)C. The number of aliphatic imine (C=N–C) groups is 1. The minimum absolute atomic E-state index is 0.0846. The standard InChI is InChI=1S/C31H38N6O/c1-23(2)37(24(3)4)20-19-33-30(38)21-29(27-13-9-6-10-14-27)36-31(34-22-32)35-28-17-15-26(16-18-28)25-11-7-5-8-12-25/h5-18,23-24,29H,19-21H2,1-4H3,(H,33,38)(H2,34,35,36). The first kappa shape index (κ1) is 28.4. The molecule has 3 aromatic carbocycles. The second-order valence-electron chi connectivity index (χ2n) is 9.69. The van der Waals surface area contributed by atoms with Crippen molar-refractivity contribution in [2.45, 2.75) is 52.2 Å². The van der Waals surface area contributed by atoms with Gasteiger partial charge in [-0.05, 0) is 56.5 Å². The zero-order valence-electron chi connectivity index (χ0n) is 22.7. The van der Waals surface area contributed by atoms with Gasteiger partial charge in [-0.2, -0.15) is 5.26 Å². The van der Waals surface area contributed by atoms with Gasteiger partial charge in [-0.25, -0.2) is 4.99 Å². The molecule has 0 aliphatic carbocycles. The largest absolute Gasteiger partial charge is 0.355 e. The number of guanidine groups is 1. The smallest absolute Gasteiger partial charge is 0.222 e. The van der Waals surface area contributed by atoms with E-state index in [1.807, 2.05) is 79.0 Å². The van der Waals surface area contributed by atoms with E-state index < -0.39 is 6.04 Å². The van der Waals surface area contributed by atoms with Gasteiger partial charge in [0.25, 0.3) is 0 Å². The van der Waals surface area contributed by atoms with Crippen molar-refractivity contribution in [3.05, 3.63) is 90.5 Å². The fraction of sp³-hybridized carbons (Fsp3) is 0.323. The predicted octanol–water partition coefficient (Wildman–Crippen LogP) is 5.56. The molecule has 0 aliphatic rings. The van der Waals surface area contributed by atoms with Crippen LogP contribution in [0, 0.1) is 11.5 Å². The van der Waals surface area contributed by atoms with E-state index >= 15 is 0 Å². The van der Waals surface area contributed by atoms with Gasteiger partial charge >= 0.3 is 0 Å². The molecule has 1 atom stereocenters. The predicted molar refractivity (Wildman–Crippen MR) is 155 cm³/mol. The Hall–Kier alpha value is -4.15. The molecule has 0 saturated carbocycles. The number of hydrogen-bond acceptors (Lipinski definition) is 4. The Morgan fingerprint density at radius 3 is 2.03 bits per heavy atom. The Labute approximate surface area is 226 Å². The summed E-state index contributed by atoms with van der Waals surface area (Å²) < 4.78 is 0. The van der Waals surface area contributed by atoms with E-state index in [-0.39, 0.29) is 18.3 Å². The van der Waals surface area contributed by atoms with Crippen molar-refractivity contribution in [1.29, 1.82) is 5.26 Å². The molecular weight excluding hydrogens is 472 g/mol. The molecule has 0 saturated heterocycles. The summed E-state index contributed by atoms with van der Waals surface area (Å²) in [5.41, 5.74) is 3.90. The molecule has 1 unspecified atom stereocenters. The van der Waals surface area contributed by atoms with E-state index in [4.69, 9.17) is 4.99 Å². The minimum atomic E-state index is -0.463. The molecule has 38 heavy (non-hydrogen) atoms. The Kier molecular flexibility index (Phi) is 10.9. The number of anilines is 1. The molecule has 1 amide bonds. The number of nitriles is 1. The van der Waals surface area contributed by atoms with Crippen molar-refractivity contribution in [3.63, 3.8) is 0 Å². The van der Waals surface area contributed by atoms with Gasteiger partial charge in [0.15, 0.2) is 6.19 Å². The highest BCUT2D eigenvalue weighted by molar-refractivity contribution is 5.95. The fourth-order valence-electron chi connectivity index (χ4n) is 4.42. The van der Waals surface area contributed by atoms with Gasteiger partial charge in [-0.3, -0.25) is 15.0 Å². The van der Waals surface area contributed by atoms with Crippen LogP contribution in [0.25, 0.3) is 11.1 Å². The second kappa shape index (κ2) is 14.6. The van der Waals surface area contributed by atoms with Crippen molar-refractivity contribution in [2.24, 2.45) is 4.99 Å². The first-order chi connectivity index (χ1) is 18.4. The lowest BCUT2D eigenvalue weighted by molar-refractivity contribution is -0.121. The number of hydrogen-bond donors (Lipinski definition) is 3. The zero-order chi connectivity index (χ0) is 27.3. The molecule has 0 radical (unpaired) electrons. The molecule has 3 N–H and O–H groups in total. The average molecular weight is 511 g/mol. The fourth-order valence-corrected chi connectivity index (χ4v) is 4.42. The van der Waals surface area contributed by atoms with Gasteiger partial charge in [-0.1, -0.05) is 72.8 Å². The highest BCUT2D eigenvalue weighted by Crippen LogP contribution is 2.23. The Bertz CT molecular complexity index is 1190. The van der Waals surface area contributed by atoms with Crippen LogP contribution in [0.1, 0.15) is 45.7 Å². The van der Waals surface area contributed by atoms with Crippen molar-refractivity contribution >= 4 is 17.6 Å². The number of nitrogens with one attached hydrogen (secondary N) is 3. The zero-order valence-corrected chi connectivity index (χ0v) is 22.7. The summed E-state index contributed by atoms with van der Waals surface area (Å²) in [6.07, 6.45) is 2.12. The molecule has 198 valence electrons. The molecule has 0 spiro atoms. The van der Waals surface area contributed by atoms with Crippen molar-refractivity contribution < 1.29 is 4.79 Å². The number of benzene rings is 3. The van der Waals surface area contributed by atoms with E-state index in [1.165, 1.54) is 0 Å². The van der Waals surface area contributed by atoms with Gasteiger partial charge in [0.1, 0.15) is 0 Å². The number of carbonyl (C=O) groups excluding carboxylic acids is 1. The monoisotopic (exact) mass is 510 g/mol. The van der Waals surface area contributed by atoms with Crippen LogP contribution in [0.2, 0.25) is 0 Å². The lowest BCUT2D eigenvalue weighted by Crippen LogP contribution is -2.42. The third kappa shape index (κ3) is 8.75. The minimum Gasteiger partial charge on any atom is -0.355 e. The van der Waals surface area contributed by atoms with E-state index in [2.05, 4.69) is 60.7 Å². The first-order valence-corrected chi connectivity index (χ1v) is 13.1. The summed E-state index contributed by atoms with van der Waals surface area (Å²) in [7, 11) is 0. The van der Waals surface area contributed by atoms with E-state index in [0.717, 1.165) is 28.9 Å². The number of rotatable bonds is 11. The average Bonchev–Trinajstić information content (AvgIpc) is 2.92. The van der Waals surface area contributed by atoms with Crippen LogP contribution in [-0.2, 0) is 4.79 Å². The van der Waals surface area contributed by atoms with Crippen LogP contribution in [-0.4, -0.2) is 41.9 Å². The maximum atomic E-state index is 12.9. The van der Waals surface area contributed by atoms with Gasteiger partial charge in [0.05, 0.1) is 12.5 Å². The van der Waals surface area contributed by atoms with Gasteiger partial charge in [0.2, 0.25) is 11.9 Å². The number of nitrogens with zero attached hydrogens (tertiary/aromatic N) is 3. The number of carbonyl (C=O) groups is 1. The Morgan fingerprint density at radius 1 is 0.868 bits per heavy atom. The molecule has 3 rings (SSSR count). The van der Waals surface area contributed by atoms with Crippen molar-refractivity contribution in [3.8, 4) is 17.3 Å². The summed E-state index contributed by atoms with van der Waals surface area (Å²) >= 11 is 0. The molecule has 0 fully saturated rings. The van der Waals surface area contributed by atoms with Gasteiger partial charge in [0, 0.05) is 30.9 Å². The van der Waals surface area contributed by atoms with E-state index in [9.17, 15) is 10.1 Å². The van der Waals surface area contributed by atoms with E-state index in [0.29, 0.717) is 18.6 Å². The normalized spacial score (nSPS) is 12.3. The summed E-state index contributed by atoms with van der Waals surface area (Å²) in [6, 6.07) is 28.0. The summed E-state index contributed by atoms with van der Waals surface area (Å²) in [4.78, 5) is 20.0. The highest BCUT2D eigenvalue weighted by Gasteiger charge is 2.18. The second-order valence-corrected chi connectivity index (χ2v) is 9.69. The molecule has 7 nitrogen and oxygen atoms in total.